The van der Waals surface area contributed by atoms with Crippen LogP contribution in [0.4, 0.5) is 5.13 Å². The molecule has 0 saturated carbocycles. The molecule has 2 heterocycles. The summed E-state index contributed by atoms with van der Waals surface area (Å²) in [5.74, 6) is -0.246. The fraction of sp³-hybridized carbons (Fsp3) is 0.133. The van der Waals surface area contributed by atoms with Gasteiger partial charge in [-0.05, 0) is 19.1 Å². The second-order valence-corrected chi connectivity index (χ2v) is 5.70. The number of ether oxygens (including phenoxy) is 1. The van der Waals surface area contributed by atoms with Gasteiger partial charge in [0.15, 0.2) is 17.5 Å². The zero-order chi connectivity index (χ0) is 15.5. The Labute approximate surface area is 129 Å². The molecule has 0 aliphatic carbocycles. The molecule has 3 aromatic rings. The smallest absolute Gasteiger partial charge is 0.264 e. The Bertz CT molecular complexity index is 852. The molecule has 2 aromatic heterocycles. The van der Waals surface area contributed by atoms with Crippen LogP contribution < -0.4 is 15.5 Å². The third kappa shape index (κ3) is 3.15. The molecule has 0 unspecified atom stereocenters. The van der Waals surface area contributed by atoms with Crippen LogP contribution in [0.3, 0.4) is 0 Å². The van der Waals surface area contributed by atoms with E-state index in [1.165, 1.54) is 23.6 Å². The van der Waals surface area contributed by atoms with Gasteiger partial charge in [0.05, 0.1) is 10.2 Å². The summed E-state index contributed by atoms with van der Waals surface area (Å²) in [6.07, 6.45) is 1.45. The van der Waals surface area contributed by atoms with Crippen LogP contribution in [0.15, 0.2) is 41.3 Å². The molecule has 0 aliphatic rings. The molecule has 7 heteroatoms. The summed E-state index contributed by atoms with van der Waals surface area (Å²) in [7, 11) is 0. The van der Waals surface area contributed by atoms with Gasteiger partial charge in [0.1, 0.15) is 0 Å². The number of fused-ring (bicyclic) bond motifs is 1. The number of anilines is 1. The van der Waals surface area contributed by atoms with Crippen LogP contribution in [0.5, 0.6) is 5.75 Å². The average Bonchev–Trinajstić information content (AvgIpc) is 2.88. The molecule has 0 spiro atoms. The van der Waals surface area contributed by atoms with Crippen LogP contribution >= 0.6 is 11.3 Å². The lowest BCUT2D eigenvalue weighted by atomic mass is 10.3. The molecule has 1 aromatic carbocycles. The number of benzene rings is 1. The fourth-order valence-electron chi connectivity index (χ4n) is 1.90. The Hall–Kier alpha value is -2.67. The maximum atomic E-state index is 11.9. The van der Waals surface area contributed by atoms with Crippen molar-refractivity contribution >= 4 is 32.6 Å². The van der Waals surface area contributed by atoms with Gasteiger partial charge in [-0.1, -0.05) is 23.5 Å². The molecule has 0 fully saturated rings. The Morgan fingerprint density at radius 3 is 3.00 bits per heavy atom. The first-order valence-electron chi connectivity index (χ1n) is 6.59. The van der Waals surface area contributed by atoms with Gasteiger partial charge in [-0.25, -0.2) is 4.98 Å². The highest BCUT2D eigenvalue weighted by Crippen LogP contribution is 2.25. The maximum Gasteiger partial charge on any atom is 0.264 e. The summed E-state index contributed by atoms with van der Waals surface area (Å²) in [6.45, 7) is 1.52. The van der Waals surface area contributed by atoms with Crippen molar-refractivity contribution in [3.05, 3.63) is 52.4 Å². The molecule has 0 aliphatic heterocycles. The predicted molar refractivity (Wildman–Crippen MR) is 85.5 cm³/mol. The first-order valence-corrected chi connectivity index (χ1v) is 7.41. The van der Waals surface area contributed by atoms with E-state index in [4.69, 9.17) is 4.74 Å². The van der Waals surface area contributed by atoms with Gasteiger partial charge in [0.2, 0.25) is 5.43 Å². The maximum absolute atomic E-state index is 11.9. The largest absolute Gasteiger partial charge is 0.478 e. The summed E-state index contributed by atoms with van der Waals surface area (Å²) in [6, 6.07) is 9.04. The molecular weight excluding hydrogens is 302 g/mol. The van der Waals surface area contributed by atoms with Gasteiger partial charge >= 0.3 is 0 Å². The number of pyridine rings is 1. The molecule has 6 nitrogen and oxygen atoms in total. The number of H-pyrrole nitrogens is 1. The van der Waals surface area contributed by atoms with Gasteiger partial charge in [-0.15, -0.1) is 0 Å². The van der Waals surface area contributed by atoms with Gasteiger partial charge in [-0.2, -0.15) is 0 Å². The highest BCUT2D eigenvalue weighted by atomic mass is 32.1. The molecule has 112 valence electrons. The second-order valence-electron chi connectivity index (χ2n) is 4.67. The van der Waals surface area contributed by atoms with E-state index < -0.39 is 0 Å². The van der Waals surface area contributed by atoms with Crippen molar-refractivity contribution in [1.82, 2.24) is 9.97 Å². The number of thiazole rings is 1. The Balaban J connectivity index is 1.63. The van der Waals surface area contributed by atoms with Crippen molar-refractivity contribution in [2.75, 3.05) is 11.9 Å². The minimum Gasteiger partial charge on any atom is -0.478 e. The number of nitrogens with zero attached hydrogens (tertiary/aromatic N) is 1. The molecule has 3 rings (SSSR count). The van der Waals surface area contributed by atoms with E-state index in [1.54, 1.807) is 6.92 Å². The lowest BCUT2D eigenvalue weighted by molar-refractivity contribution is -0.118. The van der Waals surface area contributed by atoms with Crippen molar-refractivity contribution < 1.29 is 9.53 Å². The number of carbonyl (C=O) groups excluding carboxylic acids is 1. The lowest BCUT2D eigenvalue weighted by Crippen LogP contribution is -2.22. The van der Waals surface area contributed by atoms with E-state index in [2.05, 4.69) is 15.3 Å². The van der Waals surface area contributed by atoms with E-state index in [0.29, 0.717) is 5.13 Å². The van der Waals surface area contributed by atoms with Crippen molar-refractivity contribution in [2.24, 2.45) is 0 Å². The molecule has 0 bridgehead atoms. The van der Waals surface area contributed by atoms with Crippen molar-refractivity contribution in [3.8, 4) is 5.75 Å². The highest BCUT2D eigenvalue weighted by molar-refractivity contribution is 7.22. The van der Waals surface area contributed by atoms with E-state index in [-0.39, 0.29) is 23.7 Å². The third-order valence-corrected chi connectivity index (χ3v) is 3.87. The van der Waals surface area contributed by atoms with Crippen LogP contribution in [-0.2, 0) is 4.79 Å². The molecule has 2 N–H and O–H groups in total. The van der Waals surface area contributed by atoms with Gasteiger partial charge in [0, 0.05) is 18.0 Å². The summed E-state index contributed by atoms with van der Waals surface area (Å²) in [5.41, 5.74) is 1.30. The van der Waals surface area contributed by atoms with Crippen LogP contribution in [-0.4, -0.2) is 22.5 Å². The second kappa shape index (κ2) is 5.98. The van der Waals surface area contributed by atoms with E-state index >= 15 is 0 Å². The number of nitrogens with one attached hydrogen (secondary N) is 2. The lowest BCUT2D eigenvalue weighted by Gasteiger charge is -2.05. The number of amides is 1. The first-order chi connectivity index (χ1) is 10.6. The number of carbonyl (C=O) groups is 1. The zero-order valence-corrected chi connectivity index (χ0v) is 12.6. The van der Waals surface area contributed by atoms with Crippen LogP contribution in [0.2, 0.25) is 0 Å². The number of aromatic nitrogens is 2. The molecule has 0 atom stereocenters. The number of aryl methyl sites for hydroxylation is 1. The van der Waals surface area contributed by atoms with Crippen molar-refractivity contribution in [3.63, 3.8) is 0 Å². The van der Waals surface area contributed by atoms with Crippen LogP contribution in [0, 0.1) is 6.92 Å². The molecule has 0 radical (unpaired) electrons. The zero-order valence-electron chi connectivity index (χ0n) is 11.8. The summed E-state index contributed by atoms with van der Waals surface area (Å²) in [4.78, 5) is 30.7. The minimum absolute atomic E-state index is 0.116. The topological polar surface area (TPSA) is 84.1 Å². The highest BCUT2D eigenvalue weighted by Gasteiger charge is 2.09. The Morgan fingerprint density at radius 2 is 2.23 bits per heavy atom. The van der Waals surface area contributed by atoms with Crippen LogP contribution in [0.1, 0.15) is 5.69 Å². The molecular formula is C15H13N3O3S. The summed E-state index contributed by atoms with van der Waals surface area (Å²) in [5, 5.41) is 3.17. The normalized spacial score (nSPS) is 10.6. The Kier molecular flexibility index (Phi) is 3.88. The van der Waals surface area contributed by atoms with Gasteiger partial charge in [0.25, 0.3) is 5.91 Å². The molecule has 22 heavy (non-hydrogen) atoms. The standard InChI is InChI=1S/C15H13N3O3S/c1-9-6-11(19)12(7-16-9)21-8-14(20)18-15-17-10-4-2-3-5-13(10)22-15/h2-7H,8H2,1H3,(H,16,19)(H,17,18,20). The summed E-state index contributed by atoms with van der Waals surface area (Å²) >= 11 is 1.39. The van der Waals surface area contributed by atoms with E-state index in [1.807, 2.05) is 24.3 Å². The third-order valence-electron chi connectivity index (χ3n) is 2.92. The van der Waals surface area contributed by atoms with Crippen molar-refractivity contribution in [1.29, 1.82) is 0 Å². The monoisotopic (exact) mass is 315 g/mol. The quantitative estimate of drug-likeness (QED) is 0.774. The van der Waals surface area contributed by atoms with E-state index in [9.17, 15) is 9.59 Å². The predicted octanol–water partition coefficient (Wildman–Crippen LogP) is 2.31. The number of para-hydroxylation sites is 1. The number of aromatic amines is 1. The van der Waals surface area contributed by atoms with Crippen LogP contribution in [0.25, 0.3) is 10.2 Å². The van der Waals surface area contributed by atoms with Gasteiger partial charge in [-0.3, -0.25) is 14.9 Å². The first kappa shape index (κ1) is 14.3. The van der Waals surface area contributed by atoms with E-state index in [0.717, 1.165) is 15.9 Å². The summed E-state index contributed by atoms with van der Waals surface area (Å²) < 4.78 is 6.22. The SMILES string of the molecule is Cc1cc(=O)c(OCC(=O)Nc2nc3ccccc3s2)c[nH]1. The molecule has 0 saturated heterocycles. The minimum atomic E-state index is -0.362. The fourth-order valence-corrected chi connectivity index (χ4v) is 2.78. The molecule has 1 amide bonds. The van der Waals surface area contributed by atoms with Gasteiger partial charge < -0.3 is 9.72 Å². The number of rotatable bonds is 4. The average molecular weight is 315 g/mol. The van der Waals surface area contributed by atoms with Crippen molar-refractivity contribution in [2.45, 2.75) is 6.92 Å². The number of hydrogen-bond donors (Lipinski definition) is 2. The number of hydrogen-bond acceptors (Lipinski definition) is 5. The Morgan fingerprint density at radius 1 is 1.41 bits per heavy atom.